The van der Waals surface area contributed by atoms with Gasteiger partial charge in [-0.1, -0.05) is 82.0 Å². The molecule has 0 radical (unpaired) electrons. The van der Waals surface area contributed by atoms with E-state index in [-0.39, 0.29) is 5.41 Å². The van der Waals surface area contributed by atoms with Gasteiger partial charge in [-0.2, -0.15) is 0 Å². The number of benzene rings is 1. The molecular weight excluding hydrogens is 340 g/mol. The van der Waals surface area contributed by atoms with E-state index in [2.05, 4.69) is 76.9 Å². The average Bonchev–Trinajstić information content (AvgIpc) is 2.35. The highest BCUT2D eigenvalue weighted by Crippen LogP contribution is 2.36. The number of aryl methyl sites for hydroxylation is 1. The zero-order chi connectivity index (χ0) is 12.9. The van der Waals surface area contributed by atoms with Crippen LogP contribution in [-0.2, 0) is 5.41 Å². The molecule has 0 bridgehead atoms. The topological polar surface area (TPSA) is 0 Å². The van der Waals surface area contributed by atoms with Crippen molar-refractivity contribution < 1.29 is 0 Å². The van der Waals surface area contributed by atoms with Crippen molar-refractivity contribution in [2.24, 2.45) is 5.92 Å². The first-order chi connectivity index (χ1) is 8.07. The van der Waals surface area contributed by atoms with Crippen molar-refractivity contribution in [3.8, 4) is 0 Å². The molecule has 0 aliphatic carbocycles. The van der Waals surface area contributed by atoms with Crippen LogP contribution >= 0.6 is 31.9 Å². The Morgan fingerprint density at radius 3 is 2.35 bits per heavy atom. The van der Waals surface area contributed by atoms with Crippen LogP contribution in [0.5, 0.6) is 0 Å². The molecule has 0 heterocycles. The Balaban J connectivity index is 3.06. The van der Waals surface area contributed by atoms with E-state index in [1.54, 1.807) is 0 Å². The van der Waals surface area contributed by atoms with Gasteiger partial charge in [0, 0.05) is 16.1 Å². The van der Waals surface area contributed by atoms with Crippen LogP contribution in [0.15, 0.2) is 24.3 Å². The molecule has 1 rings (SSSR count). The molecule has 1 aromatic carbocycles. The summed E-state index contributed by atoms with van der Waals surface area (Å²) in [6.07, 6.45) is 2.47. The zero-order valence-corrected chi connectivity index (χ0v) is 14.1. The number of hydrogen-bond acceptors (Lipinski definition) is 0. The van der Waals surface area contributed by atoms with Gasteiger partial charge in [-0.25, -0.2) is 0 Å². The SMILES string of the molecule is CCC(C)CC(CBr)(CBr)c1cccc(C)c1. The van der Waals surface area contributed by atoms with Crippen molar-refractivity contribution in [1.82, 2.24) is 0 Å². The van der Waals surface area contributed by atoms with E-state index < -0.39 is 0 Å². The molecule has 17 heavy (non-hydrogen) atoms. The molecule has 0 saturated heterocycles. The van der Waals surface area contributed by atoms with E-state index in [1.807, 2.05) is 0 Å². The van der Waals surface area contributed by atoms with E-state index in [0.717, 1.165) is 16.6 Å². The molecule has 0 aliphatic rings. The van der Waals surface area contributed by atoms with Gasteiger partial charge in [-0.15, -0.1) is 0 Å². The minimum atomic E-state index is 0.224. The van der Waals surface area contributed by atoms with Crippen molar-refractivity contribution in [1.29, 1.82) is 0 Å². The summed E-state index contributed by atoms with van der Waals surface area (Å²) in [6, 6.07) is 8.92. The van der Waals surface area contributed by atoms with Crippen molar-refractivity contribution in [2.75, 3.05) is 10.7 Å². The van der Waals surface area contributed by atoms with Crippen molar-refractivity contribution >= 4 is 31.9 Å². The maximum absolute atomic E-state index is 3.72. The first kappa shape index (κ1) is 15.2. The fourth-order valence-electron chi connectivity index (χ4n) is 2.20. The number of hydrogen-bond donors (Lipinski definition) is 0. The van der Waals surface area contributed by atoms with Crippen LogP contribution in [0.3, 0.4) is 0 Å². The number of alkyl halides is 2. The first-order valence-electron chi connectivity index (χ1n) is 6.27. The van der Waals surface area contributed by atoms with Crippen LogP contribution in [-0.4, -0.2) is 10.7 Å². The standard InChI is InChI=1S/C15H22Br2/c1-4-12(2)9-15(10-16,11-17)14-7-5-6-13(3)8-14/h5-8,12H,4,9-11H2,1-3H3. The average molecular weight is 362 g/mol. The van der Waals surface area contributed by atoms with Crippen molar-refractivity contribution in [3.05, 3.63) is 35.4 Å². The Labute approximate surface area is 122 Å². The normalized spacial score (nSPS) is 13.7. The highest BCUT2D eigenvalue weighted by molar-refractivity contribution is 9.09. The Morgan fingerprint density at radius 2 is 1.88 bits per heavy atom. The van der Waals surface area contributed by atoms with Crippen LogP contribution in [0.1, 0.15) is 37.8 Å². The monoisotopic (exact) mass is 360 g/mol. The third-order valence-corrected chi connectivity index (χ3v) is 5.72. The lowest BCUT2D eigenvalue weighted by molar-refractivity contribution is 0.386. The number of rotatable bonds is 6. The minimum Gasteiger partial charge on any atom is -0.0918 e. The molecule has 0 saturated carbocycles. The van der Waals surface area contributed by atoms with Gasteiger partial charge in [0.15, 0.2) is 0 Å². The Hall–Kier alpha value is 0.180. The largest absolute Gasteiger partial charge is 0.0918 e. The van der Waals surface area contributed by atoms with Crippen molar-refractivity contribution in [2.45, 2.75) is 39.0 Å². The molecule has 96 valence electrons. The maximum Gasteiger partial charge on any atom is 0.0149 e. The fourth-order valence-corrected chi connectivity index (χ4v) is 4.24. The lowest BCUT2D eigenvalue weighted by atomic mass is 9.76. The van der Waals surface area contributed by atoms with Gasteiger partial charge < -0.3 is 0 Å². The second-order valence-electron chi connectivity index (χ2n) is 5.13. The Morgan fingerprint density at radius 1 is 1.24 bits per heavy atom. The van der Waals surface area contributed by atoms with Gasteiger partial charge in [-0.05, 0) is 24.8 Å². The molecule has 0 N–H and O–H groups in total. The van der Waals surface area contributed by atoms with Crippen LogP contribution in [0.25, 0.3) is 0 Å². The molecule has 0 aliphatic heterocycles. The van der Waals surface area contributed by atoms with E-state index in [4.69, 9.17) is 0 Å². The van der Waals surface area contributed by atoms with Gasteiger partial charge in [-0.3, -0.25) is 0 Å². The van der Waals surface area contributed by atoms with Crippen LogP contribution in [0.4, 0.5) is 0 Å². The van der Waals surface area contributed by atoms with Crippen LogP contribution in [0, 0.1) is 12.8 Å². The highest BCUT2D eigenvalue weighted by Gasteiger charge is 2.31. The molecule has 1 atom stereocenters. The summed E-state index contributed by atoms with van der Waals surface area (Å²) in [6.45, 7) is 6.78. The van der Waals surface area contributed by atoms with Gasteiger partial charge in [0.2, 0.25) is 0 Å². The molecule has 0 spiro atoms. The van der Waals surface area contributed by atoms with E-state index >= 15 is 0 Å². The molecule has 0 amide bonds. The summed E-state index contributed by atoms with van der Waals surface area (Å²) in [5.74, 6) is 0.755. The quantitative estimate of drug-likeness (QED) is 0.590. The van der Waals surface area contributed by atoms with Gasteiger partial charge in [0.1, 0.15) is 0 Å². The Bertz CT molecular complexity index is 343. The lowest BCUT2D eigenvalue weighted by Crippen LogP contribution is -2.32. The second kappa shape index (κ2) is 6.94. The third kappa shape index (κ3) is 3.82. The molecular formula is C15H22Br2. The summed E-state index contributed by atoms with van der Waals surface area (Å²) in [7, 11) is 0. The predicted molar refractivity (Wildman–Crippen MR) is 84.5 cm³/mol. The highest BCUT2D eigenvalue weighted by atomic mass is 79.9. The maximum atomic E-state index is 3.72. The fraction of sp³-hybridized carbons (Fsp3) is 0.600. The molecule has 0 aromatic heterocycles. The van der Waals surface area contributed by atoms with E-state index in [0.29, 0.717) is 0 Å². The summed E-state index contributed by atoms with van der Waals surface area (Å²) < 4.78 is 0. The molecule has 2 heteroatoms. The van der Waals surface area contributed by atoms with Crippen LogP contribution in [0.2, 0.25) is 0 Å². The molecule has 0 nitrogen and oxygen atoms in total. The summed E-state index contributed by atoms with van der Waals surface area (Å²) >= 11 is 7.44. The van der Waals surface area contributed by atoms with E-state index in [9.17, 15) is 0 Å². The smallest absolute Gasteiger partial charge is 0.0149 e. The molecule has 1 unspecified atom stereocenters. The summed E-state index contributed by atoms with van der Waals surface area (Å²) in [4.78, 5) is 0. The number of halogens is 2. The zero-order valence-electron chi connectivity index (χ0n) is 11.0. The summed E-state index contributed by atoms with van der Waals surface area (Å²) in [5.41, 5.74) is 3.02. The second-order valence-corrected chi connectivity index (χ2v) is 6.26. The van der Waals surface area contributed by atoms with Gasteiger partial charge >= 0.3 is 0 Å². The predicted octanol–water partition coefficient (Wildman–Crippen LogP) is 5.46. The van der Waals surface area contributed by atoms with Crippen molar-refractivity contribution in [3.63, 3.8) is 0 Å². The Kier molecular flexibility index (Phi) is 6.22. The van der Waals surface area contributed by atoms with Gasteiger partial charge in [0.05, 0.1) is 0 Å². The third-order valence-electron chi connectivity index (χ3n) is 3.58. The van der Waals surface area contributed by atoms with E-state index in [1.165, 1.54) is 24.0 Å². The first-order valence-corrected chi connectivity index (χ1v) is 8.51. The summed E-state index contributed by atoms with van der Waals surface area (Å²) in [5, 5.41) is 2.03. The van der Waals surface area contributed by atoms with Crippen LogP contribution < -0.4 is 0 Å². The molecule has 1 aromatic rings. The lowest BCUT2D eigenvalue weighted by Gasteiger charge is -2.33. The minimum absolute atomic E-state index is 0.224. The molecule has 0 fully saturated rings. The van der Waals surface area contributed by atoms with Gasteiger partial charge in [0.25, 0.3) is 0 Å².